The summed E-state index contributed by atoms with van der Waals surface area (Å²) in [5, 5.41) is 3.38. The first-order valence-electron chi connectivity index (χ1n) is 10.5. The summed E-state index contributed by atoms with van der Waals surface area (Å²) in [6.07, 6.45) is 1.37. The second-order valence-electron chi connectivity index (χ2n) is 7.85. The average molecular weight is 485 g/mol. The van der Waals surface area contributed by atoms with E-state index in [1.54, 1.807) is 30.3 Å². The van der Waals surface area contributed by atoms with Crippen molar-refractivity contribution in [3.63, 3.8) is 0 Å². The Morgan fingerprint density at radius 1 is 1.00 bits per heavy atom. The lowest BCUT2D eigenvalue weighted by atomic mass is 10.0. The number of fused-ring (bicyclic) bond motifs is 2. The summed E-state index contributed by atoms with van der Waals surface area (Å²) >= 11 is 5.91. The summed E-state index contributed by atoms with van der Waals surface area (Å²) in [6, 6.07) is 16.8. The van der Waals surface area contributed by atoms with Gasteiger partial charge in [-0.1, -0.05) is 17.7 Å². The number of nitrogens with zero attached hydrogens (tertiary/aromatic N) is 1. The van der Waals surface area contributed by atoms with Gasteiger partial charge in [-0.05, 0) is 78.6 Å². The van der Waals surface area contributed by atoms with Crippen LogP contribution in [-0.4, -0.2) is 27.7 Å². The van der Waals surface area contributed by atoms with Crippen molar-refractivity contribution in [1.82, 2.24) is 5.32 Å². The van der Waals surface area contributed by atoms with Crippen LogP contribution in [-0.2, 0) is 23.0 Å². The Morgan fingerprint density at radius 2 is 1.79 bits per heavy atom. The van der Waals surface area contributed by atoms with Crippen molar-refractivity contribution >= 4 is 33.2 Å². The van der Waals surface area contributed by atoms with E-state index in [0.717, 1.165) is 11.1 Å². The maximum absolute atomic E-state index is 13.2. The van der Waals surface area contributed by atoms with Gasteiger partial charge in [0.05, 0.1) is 10.6 Å². The molecule has 3 aromatic carbocycles. The van der Waals surface area contributed by atoms with E-state index >= 15 is 0 Å². The third-order valence-electron chi connectivity index (χ3n) is 5.71. The van der Waals surface area contributed by atoms with Crippen molar-refractivity contribution in [1.29, 1.82) is 0 Å². The molecule has 0 spiro atoms. The van der Waals surface area contributed by atoms with Gasteiger partial charge in [0.1, 0.15) is 0 Å². The van der Waals surface area contributed by atoms with Crippen molar-refractivity contribution in [2.24, 2.45) is 0 Å². The molecule has 5 rings (SSSR count). The fourth-order valence-electron chi connectivity index (χ4n) is 4.02. The smallest absolute Gasteiger partial charge is 0.264 e. The van der Waals surface area contributed by atoms with Gasteiger partial charge in [-0.25, -0.2) is 8.42 Å². The van der Waals surface area contributed by atoms with Crippen molar-refractivity contribution in [3.05, 3.63) is 82.4 Å². The van der Waals surface area contributed by atoms with Gasteiger partial charge in [-0.15, -0.1) is 0 Å². The summed E-state index contributed by atoms with van der Waals surface area (Å²) in [5.74, 6) is 1.13. The lowest BCUT2D eigenvalue weighted by molar-refractivity contribution is 0.0950. The van der Waals surface area contributed by atoms with Gasteiger partial charge in [0.15, 0.2) is 11.5 Å². The number of sulfonamides is 1. The Kier molecular flexibility index (Phi) is 5.64. The number of anilines is 1. The third kappa shape index (κ3) is 4.24. The third-order valence-corrected chi connectivity index (χ3v) is 7.79. The van der Waals surface area contributed by atoms with E-state index < -0.39 is 10.0 Å². The van der Waals surface area contributed by atoms with Crippen LogP contribution in [0, 0.1) is 0 Å². The average Bonchev–Trinajstić information content (AvgIpc) is 3.30. The van der Waals surface area contributed by atoms with Crippen LogP contribution in [0.4, 0.5) is 5.69 Å². The molecular weight excluding hydrogens is 464 g/mol. The van der Waals surface area contributed by atoms with Gasteiger partial charge in [0.25, 0.3) is 15.9 Å². The van der Waals surface area contributed by atoms with Crippen molar-refractivity contribution in [3.8, 4) is 11.5 Å². The number of rotatable bonds is 5. The van der Waals surface area contributed by atoms with E-state index in [-0.39, 0.29) is 17.6 Å². The van der Waals surface area contributed by atoms with Gasteiger partial charge < -0.3 is 14.8 Å². The minimum absolute atomic E-state index is 0.185. The first kappa shape index (κ1) is 21.6. The fraction of sp³-hybridized carbons (Fsp3) is 0.208. The van der Waals surface area contributed by atoms with Crippen LogP contribution < -0.4 is 19.1 Å². The molecule has 7 nitrogen and oxygen atoms in total. The zero-order chi connectivity index (χ0) is 23.0. The number of carbonyl (C=O) groups is 1. The molecule has 0 fully saturated rings. The van der Waals surface area contributed by atoms with Gasteiger partial charge >= 0.3 is 0 Å². The Labute approximate surface area is 196 Å². The SMILES string of the molecule is O=C(NCc1ccc2c(c1)OCO2)c1ccc2c(c1)CCCN2S(=O)(=O)c1ccc(Cl)cc1. The zero-order valence-corrected chi connectivity index (χ0v) is 19.2. The number of nitrogens with one attached hydrogen (secondary N) is 1. The molecule has 1 amide bonds. The van der Waals surface area contributed by atoms with Gasteiger partial charge in [-0.2, -0.15) is 0 Å². The van der Waals surface area contributed by atoms with Crippen LogP contribution in [0.1, 0.15) is 27.9 Å². The summed E-state index contributed by atoms with van der Waals surface area (Å²) in [4.78, 5) is 12.9. The lowest BCUT2D eigenvalue weighted by Gasteiger charge is -2.30. The molecule has 0 aliphatic carbocycles. The zero-order valence-electron chi connectivity index (χ0n) is 17.6. The molecule has 33 heavy (non-hydrogen) atoms. The molecule has 0 saturated heterocycles. The highest BCUT2D eigenvalue weighted by atomic mass is 35.5. The van der Waals surface area contributed by atoms with Crippen LogP contribution in [0.25, 0.3) is 0 Å². The number of amides is 1. The molecule has 0 saturated carbocycles. The lowest BCUT2D eigenvalue weighted by Crippen LogP contribution is -2.35. The Bertz CT molecular complexity index is 1330. The maximum Gasteiger partial charge on any atom is 0.264 e. The molecule has 2 aliphatic heterocycles. The first-order valence-corrected chi connectivity index (χ1v) is 12.3. The summed E-state index contributed by atoms with van der Waals surface area (Å²) < 4.78 is 38.5. The summed E-state index contributed by atoms with van der Waals surface area (Å²) in [7, 11) is -3.72. The van der Waals surface area contributed by atoms with E-state index in [1.807, 2.05) is 18.2 Å². The van der Waals surface area contributed by atoms with E-state index in [0.29, 0.717) is 53.7 Å². The van der Waals surface area contributed by atoms with Crippen molar-refractivity contribution in [2.75, 3.05) is 17.6 Å². The molecule has 2 heterocycles. The topological polar surface area (TPSA) is 84.9 Å². The van der Waals surface area contributed by atoms with Crippen molar-refractivity contribution < 1.29 is 22.7 Å². The number of hydrogen-bond acceptors (Lipinski definition) is 5. The van der Waals surface area contributed by atoms with E-state index in [2.05, 4.69) is 5.32 Å². The molecule has 0 aromatic heterocycles. The van der Waals surface area contributed by atoms with E-state index in [9.17, 15) is 13.2 Å². The maximum atomic E-state index is 13.2. The number of benzene rings is 3. The monoisotopic (exact) mass is 484 g/mol. The molecular formula is C24H21ClN2O5S. The predicted octanol–water partition coefficient (Wildman–Crippen LogP) is 4.14. The van der Waals surface area contributed by atoms with E-state index in [1.165, 1.54) is 16.4 Å². The Morgan fingerprint density at radius 3 is 2.61 bits per heavy atom. The highest BCUT2D eigenvalue weighted by molar-refractivity contribution is 7.92. The summed E-state index contributed by atoms with van der Waals surface area (Å²) in [5.41, 5.74) is 2.81. The van der Waals surface area contributed by atoms with E-state index in [4.69, 9.17) is 21.1 Å². The molecule has 2 aliphatic rings. The minimum Gasteiger partial charge on any atom is -0.454 e. The Balaban J connectivity index is 1.33. The van der Waals surface area contributed by atoms with Gasteiger partial charge in [0, 0.05) is 23.7 Å². The standard InChI is InChI=1S/C24H21ClN2O5S/c25-19-5-7-20(8-6-19)33(29,30)27-11-1-2-17-13-18(4-9-21(17)27)24(28)26-14-16-3-10-22-23(12-16)32-15-31-22/h3-10,12-13H,1-2,11,14-15H2,(H,26,28). The largest absolute Gasteiger partial charge is 0.454 e. The van der Waals surface area contributed by atoms with Gasteiger partial charge in [0.2, 0.25) is 6.79 Å². The normalized spacial score (nSPS) is 14.6. The van der Waals surface area contributed by atoms with Crippen LogP contribution in [0.5, 0.6) is 11.5 Å². The highest BCUT2D eigenvalue weighted by Gasteiger charge is 2.29. The molecule has 9 heteroatoms. The quantitative estimate of drug-likeness (QED) is 0.588. The molecule has 0 unspecified atom stereocenters. The molecule has 3 aromatic rings. The molecule has 0 radical (unpaired) electrons. The van der Waals surface area contributed by atoms with Crippen LogP contribution in [0.15, 0.2) is 65.6 Å². The predicted molar refractivity (Wildman–Crippen MR) is 124 cm³/mol. The second kappa shape index (κ2) is 8.61. The molecule has 1 N–H and O–H groups in total. The number of ether oxygens (including phenoxy) is 2. The number of halogens is 1. The van der Waals surface area contributed by atoms with Crippen molar-refractivity contribution in [2.45, 2.75) is 24.3 Å². The molecule has 0 atom stereocenters. The van der Waals surface area contributed by atoms with Crippen LogP contribution in [0.3, 0.4) is 0 Å². The Hall–Kier alpha value is -3.23. The fourth-order valence-corrected chi connectivity index (χ4v) is 5.69. The van der Waals surface area contributed by atoms with Gasteiger partial charge in [-0.3, -0.25) is 9.10 Å². The molecule has 170 valence electrons. The summed E-state index contributed by atoms with van der Waals surface area (Å²) in [6.45, 7) is 0.919. The minimum atomic E-state index is -3.72. The molecule has 0 bridgehead atoms. The van der Waals surface area contributed by atoms with Crippen LogP contribution >= 0.6 is 11.6 Å². The number of carbonyl (C=O) groups excluding carboxylic acids is 1. The highest BCUT2D eigenvalue weighted by Crippen LogP contribution is 2.34. The number of hydrogen-bond donors (Lipinski definition) is 1. The number of aryl methyl sites for hydroxylation is 1. The second-order valence-corrected chi connectivity index (χ2v) is 10.1. The van der Waals surface area contributed by atoms with Crippen LogP contribution in [0.2, 0.25) is 5.02 Å². The first-order chi connectivity index (χ1) is 15.9.